The zero-order valence-corrected chi connectivity index (χ0v) is 13.3. The minimum atomic E-state index is -0.0488. The summed E-state index contributed by atoms with van der Waals surface area (Å²) in [7, 11) is 0. The number of benzene rings is 1. The van der Waals surface area contributed by atoms with Gasteiger partial charge in [-0.15, -0.1) is 0 Å². The lowest BCUT2D eigenvalue weighted by Gasteiger charge is -2.21. The molecule has 21 heavy (non-hydrogen) atoms. The number of carbonyl (C=O) groups excluding carboxylic acids is 2. The molecule has 6 heteroatoms. The molecule has 2 N–H and O–H groups in total. The lowest BCUT2D eigenvalue weighted by molar-refractivity contribution is -0.122. The van der Waals surface area contributed by atoms with Gasteiger partial charge in [0.2, 0.25) is 11.8 Å². The minimum absolute atomic E-state index is 0.0488. The van der Waals surface area contributed by atoms with E-state index in [1.54, 1.807) is 0 Å². The van der Waals surface area contributed by atoms with Gasteiger partial charge in [-0.05, 0) is 52.0 Å². The van der Waals surface area contributed by atoms with Crippen molar-refractivity contribution in [3.05, 3.63) is 27.7 Å². The van der Waals surface area contributed by atoms with Gasteiger partial charge in [0.1, 0.15) is 0 Å². The number of hydrazone groups is 1. The lowest BCUT2D eigenvalue weighted by atomic mass is 9.92. The summed E-state index contributed by atoms with van der Waals surface area (Å²) >= 11 is 3.54. The van der Waals surface area contributed by atoms with Gasteiger partial charge < -0.3 is 5.32 Å². The van der Waals surface area contributed by atoms with Crippen LogP contribution >= 0.6 is 15.9 Å². The maximum absolute atomic E-state index is 11.7. The standard InChI is InChI=1S/C15H16BrN3O2/c1-8-5-13(21)18-19-14(8)10-6-9-3-2-4-12(20)17-15(9)11(16)7-10/h6-8H,2-5H2,1H3,(H,17,20)(H,18,21). The number of amides is 2. The molecular weight excluding hydrogens is 334 g/mol. The van der Waals surface area contributed by atoms with Crippen molar-refractivity contribution < 1.29 is 9.59 Å². The van der Waals surface area contributed by atoms with Crippen molar-refractivity contribution in [1.29, 1.82) is 0 Å². The van der Waals surface area contributed by atoms with Crippen LogP contribution in [-0.4, -0.2) is 17.5 Å². The first kappa shape index (κ1) is 14.3. The molecule has 0 spiro atoms. The monoisotopic (exact) mass is 349 g/mol. The molecule has 2 heterocycles. The van der Waals surface area contributed by atoms with Crippen molar-refractivity contribution in [3.8, 4) is 0 Å². The van der Waals surface area contributed by atoms with Crippen LogP contribution in [0.15, 0.2) is 21.7 Å². The molecule has 0 bridgehead atoms. The summed E-state index contributed by atoms with van der Waals surface area (Å²) in [5, 5.41) is 7.14. The quantitative estimate of drug-likeness (QED) is 0.817. The van der Waals surface area contributed by atoms with Crippen LogP contribution in [0.5, 0.6) is 0 Å². The minimum Gasteiger partial charge on any atom is -0.325 e. The molecule has 0 saturated carbocycles. The number of rotatable bonds is 1. The topological polar surface area (TPSA) is 70.6 Å². The highest BCUT2D eigenvalue weighted by molar-refractivity contribution is 9.10. The molecule has 0 aromatic heterocycles. The molecule has 1 aromatic rings. The summed E-state index contributed by atoms with van der Waals surface area (Å²) in [5.41, 5.74) is 6.38. The summed E-state index contributed by atoms with van der Waals surface area (Å²) in [4.78, 5) is 23.0. The normalized spacial score (nSPS) is 21.8. The van der Waals surface area contributed by atoms with Gasteiger partial charge in [-0.25, -0.2) is 5.43 Å². The van der Waals surface area contributed by atoms with Crippen molar-refractivity contribution in [1.82, 2.24) is 5.43 Å². The Kier molecular flexibility index (Phi) is 3.80. The smallest absolute Gasteiger partial charge is 0.240 e. The number of hydrogen-bond acceptors (Lipinski definition) is 3. The van der Waals surface area contributed by atoms with Gasteiger partial charge >= 0.3 is 0 Å². The average molecular weight is 350 g/mol. The largest absolute Gasteiger partial charge is 0.325 e. The van der Waals surface area contributed by atoms with Crippen LogP contribution in [0, 0.1) is 5.92 Å². The van der Waals surface area contributed by atoms with Gasteiger partial charge in [0.05, 0.1) is 11.4 Å². The van der Waals surface area contributed by atoms with Gasteiger partial charge in [0, 0.05) is 23.2 Å². The molecule has 110 valence electrons. The van der Waals surface area contributed by atoms with Crippen LogP contribution in [0.3, 0.4) is 0 Å². The Balaban J connectivity index is 2.02. The fourth-order valence-corrected chi connectivity index (χ4v) is 3.39. The zero-order valence-electron chi connectivity index (χ0n) is 11.7. The van der Waals surface area contributed by atoms with Crippen LogP contribution < -0.4 is 10.7 Å². The van der Waals surface area contributed by atoms with E-state index in [0.717, 1.165) is 39.8 Å². The third kappa shape index (κ3) is 2.85. The Morgan fingerprint density at radius 2 is 2.05 bits per heavy atom. The number of halogens is 1. The Morgan fingerprint density at radius 3 is 2.81 bits per heavy atom. The van der Waals surface area contributed by atoms with E-state index in [1.165, 1.54) is 0 Å². The Morgan fingerprint density at radius 1 is 1.24 bits per heavy atom. The van der Waals surface area contributed by atoms with Crippen LogP contribution in [0.4, 0.5) is 5.69 Å². The molecule has 1 atom stereocenters. The fraction of sp³-hybridized carbons (Fsp3) is 0.400. The maximum Gasteiger partial charge on any atom is 0.240 e. The number of carbonyl (C=O) groups is 2. The molecular formula is C15H16BrN3O2. The maximum atomic E-state index is 11.7. The van der Waals surface area contributed by atoms with E-state index in [2.05, 4.69) is 37.8 Å². The highest BCUT2D eigenvalue weighted by Crippen LogP contribution is 2.33. The number of aryl methyl sites for hydroxylation is 1. The summed E-state index contributed by atoms with van der Waals surface area (Å²) in [5.74, 6) is 0.0919. The number of nitrogens with zero attached hydrogens (tertiary/aromatic N) is 1. The fourth-order valence-electron chi connectivity index (χ4n) is 2.79. The predicted molar refractivity (Wildman–Crippen MR) is 84.2 cm³/mol. The molecule has 5 nitrogen and oxygen atoms in total. The molecule has 2 aliphatic rings. The first-order chi connectivity index (χ1) is 10.0. The Hall–Kier alpha value is -1.69. The molecule has 2 amide bonds. The Labute approximate surface area is 131 Å². The van der Waals surface area contributed by atoms with E-state index < -0.39 is 0 Å². The SMILES string of the molecule is CC1CC(=O)NN=C1c1cc(Br)c2c(c1)CCCC(=O)N2. The highest BCUT2D eigenvalue weighted by Gasteiger charge is 2.24. The second-order valence-electron chi connectivity index (χ2n) is 5.53. The van der Waals surface area contributed by atoms with E-state index >= 15 is 0 Å². The Bertz CT molecular complexity index is 655. The van der Waals surface area contributed by atoms with Crippen molar-refractivity contribution in [2.24, 2.45) is 11.0 Å². The van der Waals surface area contributed by atoms with Crippen molar-refractivity contribution in [3.63, 3.8) is 0 Å². The third-order valence-corrected chi connectivity index (χ3v) is 4.47. The molecule has 0 fully saturated rings. The number of anilines is 1. The zero-order chi connectivity index (χ0) is 15.0. The van der Waals surface area contributed by atoms with E-state index in [9.17, 15) is 9.59 Å². The second kappa shape index (κ2) is 5.60. The van der Waals surface area contributed by atoms with Gasteiger partial charge in [-0.3, -0.25) is 9.59 Å². The predicted octanol–water partition coefficient (Wildman–Crippen LogP) is 2.58. The van der Waals surface area contributed by atoms with Crippen LogP contribution in [0.1, 0.15) is 37.3 Å². The van der Waals surface area contributed by atoms with Gasteiger partial charge in [0.25, 0.3) is 0 Å². The molecule has 3 rings (SSSR count). The van der Waals surface area contributed by atoms with Gasteiger partial charge in [-0.1, -0.05) is 6.92 Å². The van der Waals surface area contributed by atoms with Crippen LogP contribution in [0.25, 0.3) is 0 Å². The van der Waals surface area contributed by atoms with Crippen LogP contribution in [0.2, 0.25) is 0 Å². The first-order valence-electron chi connectivity index (χ1n) is 7.03. The average Bonchev–Trinajstić information content (AvgIpc) is 2.60. The molecule has 0 aliphatic carbocycles. The summed E-state index contributed by atoms with van der Waals surface area (Å²) in [6.45, 7) is 2.00. The van der Waals surface area contributed by atoms with Gasteiger partial charge in [-0.2, -0.15) is 5.10 Å². The molecule has 1 unspecified atom stereocenters. The van der Waals surface area contributed by atoms with Gasteiger partial charge in [0.15, 0.2) is 0 Å². The van der Waals surface area contributed by atoms with E-state index in [0.29, 0.717) is 12.8 Å². The van der Waals surface area contributed by atoms with E-state index in [4.69, 9.17) is 0 Å². The number of nitrogens with one attached hydrogen (secondary N) is 2. The van der Waals surface area contributed by atoms with E-state index in [1.807, 2.05) is 13.0 Å². The molecule has 1 aromatic carbocycles. The molecule has 0 radical (unpaired) electrons. The van der Waals surface area contributed by atoms with Crippen molar-refractivity contribution >= 4 is 39.1 Å². The van der Waals surface area contributed by atoms with E-state index in [-0.39, 0.29) is 17.7 Å². The summed E-state index contributed by atoms with van der Waals surface area (Å²) in [6, 6.07) is 4.02. The van der Waals surface area contributed by atoms with Crippen molar-refractivity contribution in [2.75, 3.05) is 5.32 Å². The van der Waals surface area contributed by atoms with Crippen LogP contribution in [-0.2, 0) is 16.0 Å². The summed E-state index contributed by atoms with van der Waals surface area (Å²) in [6.07, 6.45) is 2.69. The number of fused-ring (bicyclic) bond motifs is 1. The van der Waals surface area contributed by atoms with Crippen molar-refractivity contribution in [2.45, 2.75) is 32.6 Å². The third-order valence-electron chi connectivity index (χ3n) is 3.84. The molecule has 0 saturated heterocycles. The first-order valence-corrected chi connectivity index (χ1v) is 7.83. The second-order valence-corrected chi connectivity index (χ2v) is 6.39. The number of hydrogen-bond donors (Lipinski definition) is 2. The highest BCUT2D eigenvalue weighted by atomic mass is 79.9. The summed E-state index contributed by atoms with van der Waals surface area (Å²) < 4.78 is 0.858. The lowest BCUT2D eigenvalue weighted by Crippen LogP contribution is -2.32. The molecule has 2 aliphatic heterocycles.